The number of fused-ring (bicyclic) bond motifs is 1. The first-order chi connectivity index (χ1) is 8.29. The lowest BCUT2D eigenvalue weighted by molar-refractivity contribution is -0.133. The summed E-state index contributed by atoms with van der Waals surface area (Å²) in [5, 5.41) is 10.3. The number of rotatable bonds is 1. The van der Waals surface area contributed by atoms with Crippen LogP contribution in [0.3, 0.4) is 0 Å². The Balaban J connectivity index is 2.25. The topological polar surface area (TPSA) is 59.1 Å². The first-order valence-electron chi connectivity index (χ1n) is 6.27. The van der Waals surface area contributed by atoms with Gasteiger partial charge in [-0.25, -0.2) is 4.79 Å². The maximum Gasteiger partial charge on any atom is 0.384 e. The molecule has 2 rings (SSSR count). The third-order valence-corrected chi connectivity index (χ3v) is 4.47. The average molecular weight is 252 g/mol. The summed E-state index contributed by atoms with van der Waals surface area (Å²) in [5.74, 6) is 4.23. The van der Waals surface area contributed by atoms with Gasteiger partial charge in [-0.1, -0.05) is 19.8 Å². The Kier molecular flexibility index (Phi) is 2.95. The number of carbonyl (C=O) groups is 1. The Morgan fingerprint density at radius 3 is 2.61 bits per heavy atom. The van der Waals surface area contributed by atoms with Crippen molar-refractivity contribution in [2.24, 2.45) is 5.41 Å². The van der Waals surface area contributed by atoms with Gasteiger partial charge < -0.3 is 14.6 Å². The summed E-state index contributed by atoms with van der Waals surface area (Å²) in [4.78, 5) is 11.0. The SMILES string of the molecule is COC(=O)C#C[C@@H](O)[C@@]12O[C@]1(C)CCCC2(C)C. The van der Waals surface area contributed by atoms with E-state index in [9.17, 15) is 9.90 Å². The van der Waals surface area contributed by atoms with Crippen molar-refractivity contribution in [3.63, 3.8) is 0 Å². The van der Waals surface area contributed by atoms with Crippen LogP contribution in [0.25, 0.3) is 0 Å². The molecule has 0 unspecified atom stereocenters. The molecule has 0 bridgehead atoms. The molecule has 0 aromatic carbocycles. The van der Waals surface area contributed by atoms with E-state index in [0.29, 0.717) is 0 Å². The Labute approximate surface area is 108 Å². The summed E-state index contributed by atoms with van der Waals surface area (Å²) >= 11 is 0. The zero-order chi connectivity index (χ0) is 13.6. The second-order valence-corrected chi connectivity index (χ2v) is 5.97. The van der Waals surface area contributed by atoms with Crippen molar-refractivity contribution in [2.75, 3.05) is 7.11 Å². The number of carbonyl (C=O) groups excluding carboxylic acids is 1. The smallest absolute Gasteiger partial charge is 0.384 e. The third kappa shape index (κ3) is 1.65. The number of ether oxygens (including phenoxy) is 2. The molecule has 1 saturated heterocycles. The van der Waals surface area contributed by atoms with Crippen molar-refractivity contribution in [1.82, 2.24) is 0 Å². The predicted octanol–water partition coefficient (Wildman–Crippen LogP) is 1.26. The summed E-state index contributed by atoms with van der Waals surface area (Å²) in [7, 11) is 1.27. The predicted molar refractivity (Wildman–Crippen MR) is 65.7 cm³/mol. The van der Waals surface area contributed by atoms with Crippen LogP contribution in [0.1, 0.15) is 40.0 Å². The molecule has 2 aliphatic rings. The molecule has 1 N–H and O–H groups in total. The minimum absolute atomic E-state index is 0.149. The van der Waals surface area contributed by atoms with Crippen LogP contribution >= 0.6 is 0 Å². The summed E-state index contributed by atoms with van der Waals surface area (Å²) in [6, 6.07) is 0. The van der Waals surface area contributed by atoms with Crippen LogP contribution in [-0.2, 0) is 14.3 Å². The highest BCUT2D eigenvalue weighted by atomic mass is 16.6. The molecule has 0 amide bonds. The Morgan fingerprint density at radius 2 is 2.06 bits per heavy atom. The van der Waals surface area contributed by atoms with Gasteiger partial charge in [0.1, 0.15) is 11.7 Å². The van der Waals surface area contributed by atoms with Gasteiger partial charge in [-0.3, -0.25) is 0 Å². The molecule has 100 valence electrons. The minimum Gasteiger partial charge on any atom is -0.459 e. The number of esters is 1. The molecule has 2 fully saturated rings. The molecular formula is C14H20O4. The van der Waals surface area contributed by atoms with E-state index in [1.165, 1.54) is 7.11 Å². The highest BCUT2D eigenvalue weighted by Crippen LogP contribution is 2.66. The van der Waals surface area contributed by atoms with Crippen LogP contribution in [0.4, 0.5) is 0 Å². The van der Waals surface area contributed by atoms with Crippen molar-refractivity contribution < 1.29 is 19.4 Å². The van der Waals surface area contributed by atoms with Crippen LogP contribution in [0.15, 0.2) is 0 Å². The van der Waals surface area contributed by atoms with E-state index < -0.39 is 17.7 Å². The van der Waals surface area contributed by atoms with E-state index in [1.54, 1.807) is 0 Å². The molecule has 1 saturated carbocycles. The Morgan fingerprint density at radius 1 is 1.39 bits per heavy atom. The first-order valence-corrected chi connectivity index (χ1v) is 6.27. The number of hydrogen-bond acceptors (Lipinski definition) is 4. The van der Waals surface area contributed by atoms with Gasteiger partial charge in [0.25, 0.3) is 0 Å². The normalized spacial score (nSPS) is 37.8. The average Bonchev–Trinajstić information content (AvgIpc) is 2.94. The van der Waals surface area contributed by atoms with Gasteiger partial charge in [-0.15, -0.1) is 0 Å². The largest absolute Gasteiger partial charge is 0.459 e. The molecule has 0 spiro atoms. The lowest BCUT2D eigenvalue weighted by Gasteiger charge is -2.39. The standard InChI is InChI=1S/C14H20O4/c1-12(2)8-5-9-13(3)14(12,18-13)10(15)6-7-11(16)17-4/h10,15H,5,8-9H2,1-4H3/t10-,13-,14+/m1/s1. The fourth-order valence-electron chi connectivity index (χ4n) is 3.47. The zero-order valence-corrected chi connectivity index (χ0v) is 11.4. The van der Waals surface area contributed by atoms with Gasteiger partial charge in [0, 0.05) is 11.3 Å². The van der Waals surface area contributed by atoms with E-state index in [-0.39, 0.29) is 11.0 Å². The van der Waals surface area contributed by atoms with Crippen LogP contribution in [0, 0.1) is 17.3 Å². The van der Waals surface area contributed by atoms with Gasteiger partial charge in [0.15, 0.2) is 0 Å². The number of aliphatic hydroxyl groups excluding tert-OH is 1. The third-order valence-electron chi connectivity index (χ3n) is 4.47. The number of hydrogen-bond donors (Lipinski definition) is 1. The molecule has 1 aliphatic carbocycles. The second-order valence-electron chi connectivity index (χ2n) is 5.97. The van der Waals surface area contributed by atoms with Gasteiger partial charge in [0.05, 0.1) is 12.7 Å². The lowest BCUT2D eigenvalue weighted by Crippen LogP contribution is -2.50. The van der Waals surface area contributed by atoms with Crippen molar-refractivity contribution in [1.29, 1.82) is 0 Å². The number of methoxy groups -OCH3 is 1. The molecule has 1 heterocycles. The van der Waals surface area contributed by atoms with Crippen LogP contribution in [-0.4, -0.2) is 35.5 Å². The van der Waals surface area contributed by atoms with E-state index in [0.717, 1.165) is 19.3 Å². The number of aliphatic hydroxyl groups is 1. The molecule has 0 aromatic rings. The van der Waals surface area contributed by atoms with Gasteiger partial charge in [-0.05, 0) is 26.2 Å². The summed E-state index contributed by atoms with van der Waals surface area (Å²) in [6.45, 7) is 6.18. The maximum absolute atomic E-state index is 11.0. The highest BCUT2D eigenvalue weighted by Gasteiger charge is 2.77. The number of epoxide rings is 1. The zero-order valence-electron chi connectivity index (χ0n) is 11.4. The monoisotopic (exact) mass is 252 g/mol. The molecule has 18 heavy (non-hydrogen) atoms. The van der Waals surface area contributed by atoms with Gasteiger partial charge in [0.2, 0.25) is 0 Å². The molecule has 0 radical (unpaired) electrons. The van der Waals surface area contributed by atoms with E-state index in [4.69, 9.17) is 4.74 Å². The second kappa shape index (κ2) is 3.97. The molecule has 0 aromatic heterocycles. The van der Waals surface area contributed by atoms with Crippen molar-refractivity contribution >= 4 is 5.97 Å². The highest BCUT2D eigenvalue weighted by molar-refractivity contribution is 5.88. The van der Waals surface area contributed by atoms with Crippen LogP contribution < -0.4 is 0 Å². The first kappa shape index (κ1) is 13.4. The van der Waals surface area contributed by atoms with Gasteiger partial charge in [-0.2, -0.15) is 0 Å². The lowest BCUT2D eigenvalue weighted by atomic mass is 9.62. The molecular weight excluding hydrogens is 232 g/mol. The maximum atomic E-state index is 11.0. The molecule has 4 heteroatoms. The fourth-order valence-corrected chi connectivity index (χ4v) is 3.47. The van der Waals surface area contributed by atoms with Crippen molar-refractivity contribution in [3.8, 4) is 11.8 Å². The summed E-state index contributed by atoms with van der Waals surface area (Å²) in [5.41, 5.74) is -1.12. The fraction of sp³-hybridized carbons (Fsp3) is 0.786. The Hall–Kier alpha value is -1.05. The summed E-state index contributed by atoms with van der Waals surface area (Å²) < 4.78 is 10.3. The minimum atomic E-state index is -0.961. The molecule has 3 atom stereocenters. The Bertz CT molecular complexity index is 431. The van der Waals surface area contributed by atoms with Gasteiger partial charge >= 0.3 is 5.97 Å². The van der Waals surface area contributed by atoms with E-state index in [2.05, 4.69) is 30.4 Å². The van der Waals surface area contributed by atoms with Crippen molar-refractivity contribution in [3.05, 3.63) is 0 Å². The van der Waals surface area contributed by atoms with Crippen LogP contribution in [0.2, 0.25) is 0 Å². The quantitative estimate of drug-likeness (QED) is 0.330. The van der Waals surface area contributed by atoms with Crippen LogP contribution in [0.5, 0.6) is 0 Å². The molecule has 1 aliphatic heterocycles. The van der Waals surface area contributed by atoms with E-state index in [1.807, 2.05) is 6.92 Å². The summed E-state index contributed by atoms with van der Waals surface area (Å²) in [6.07, 6.45) is 2.03. The van der Waals surface area contributed by atoms with Crippen molar-refractivity contribution in [2.45, 2.75) is 57.3 Å². The van der Waals surface area contributed by atoms with E-state index >= 15 is 0 Å². The molecule has 4 nitrogen and oxygen atoms in total.